The third-order valence-corrected chi connectivity index (χ3v) is 3.38. The second kappa shape index (κ2) is 8.94. The van der Waals surface area contributed by atoms with Crippen LogP contribution in [0.3, 0.4) is 0 Å². The maximum Gasteiger partial charge on any atom is 0.305 e. The van der Waals surface area contributed by atoms with E-state index in [0.717, 1.165) is 6.07 Å². The first kappa shape index (κ1) is 18.7. The number of hydrogen-bond donors (Lipinski definition) is 1. The lowest BCUT2D eigenvalue weighted by Crippen LogP contribution is -1.97. The molecule has 0 saturated heterocycles. The molecule has 0 heterocycles. The molecule has 0 aliphatic rings. The highest BCUT2D eigenvalue weighted by atomic mass is 79.9. The van der Waals surface area contributed by atoms with E-state index in [0.29, 0.717) is 10.8 Å². The molecule has 0 aliphatic heterocycles. The van der Waals surface area contributed by atoms with Crippen molar-refractivity contribution in [2.45, 2.75) is 12.8 Å². The summed E-state index contributed by atoms with van der Waals surface area (Å²) >= 11 is 2.99. The highest BCUT2D eigenvalue weighted by Crippen LogP contribution is 2.21. The van der Waals surface area contributed by atoms with Crippen molar-refractivity contribution in [3.05, 3.63) is 68.2 Å². The summed E-state index contributed by atoms with van der Waals surface area (Å²) in [5, 5.41) is 10.3. The molecular weight excluding hydrogens is 374 g/mol. The number of aryl methyl sites for hydroxylation is 1. The molecule has 2 aromatic rings. The molecule has 0 atom stereocenters. The first-order valence-electron chi connectivity index (χ1n) is 6.43. The number of nitro benzene ring substituents is 1. The second-order valence-electron chi connectivity index (χ2n) is 4.36. The second-order valence-corrected chi connectivity index (χ2v) is 5.21. The van der Waals surface area contributed by atoms with Gasteiger partial charge in [-0.3, -0.25) is 10.1 Å². The number of nitrogen functional groups attached to an aromatic ring is 1. The van der Waals surface area contributed by atoms with Crippen LogP contribution >= 0.6 is 15.9 Å². The summed E-state index contributed by atoms with van der Waals surface area (Å²) < 4.78 is 26.3. The molecule has 2 aromatic carbocycles. The van der Waals surface area contributed by atoms with Gasteiger partial charge < -0.3 is 10.5 Å². The molecule has 2 rings (SSSR count). The van der Waals surface area contributed by atoms with Gasteiger partial charge >= 0.3 is 5.69 Å². The van der Waals surface area contributed by atoms with Gasteiger partial charge in [0.1, 0.15) is 6.29 Å². The van der Waals surface area contributed by atoms with E-state index in [4.69, 9.17) is 5.73 Å². The number of carbonyl (C=O) groups excluding carboxylic acids is 1. The molecule has 0 radical (unpaired) electrons. The van der Waals surface area contributed by atoms with Crippen molar-refractivity contribution in [3.63, 3.8) is 0 Å². The van der Waals surface area contributed by atoms with Crippen LogP contribution in [0.4, 0.5) is 20.2 Å². The number of nitrogens with two attached hydrogens (primary N) is 1. The van der Waals surface area contributed by atoms with Crippen molar-refractivity contribution >= 4 is 33.6 Å². The van der Waals surface area contributed by atoms with E-state index >= 15 is 0 Å². The van der Waals surface area contributed by atoms with Gasteiger partial charge in [-0.15, -0.1) is 0 Å². The molecule has 122 valence electrons. The van der Waals surface area contributed by atoms with Crippen molar-refractivity contribution in [1.29, 1.82) is 0 Å². The average Bonchev–Trinajstić information content (AvgIpc) is 2.52. The van der Waals surface area contributed by atoms with Crippen molar-refractivity contribution < 1.29 is 18.5 Å². The Morgan fingerprint density at radius 3 is 2.35 bits per heavy atom. The zero-order valence-electron chi connectivity index (χ0n) is 11.8. The molecule has 0 aromatic heterocycles. The lowest BCUT2D eigenvalue weighted by atomic mass is 10.1. The smallest absolute Gasteiger partial charge is 0.305 e. The van der Waals surface area contributed by atoms with Gasteiger partial charge in [0.05, 0.1) is 15.1 Å². The van der Waals surface area contributed by atoms with Gasteiger partial charge in [0.25, 0.3) is 0 Å². The number of nitrogens with zero attached hydrogens (tertiary/aromatic N) is 1. The highest BCUT2D eigenvalue weighted by molar-refractivity contribution is 9.10. The van der Waals surface area contributed by atoms with Crippen molar-refractivity contribution in [2.24, 2.45) is 0 Å². The minimum absolute atomic E-state index is 0.165. The fraction of sp³-hybridized carbons (Fsp3) is 0.133. The Morgan fingerprint density at radius 2 is 1.83 bits per heavy atom. The number of carbonyl (C=O) groups is 1. The van der Waals surface area contributed by atoms with Crippen LogP contribution in [0.2, 0.25) is 0 Å². The van der Waals surface area contributed by atoms with Crippen LogP contribution in [0.1, 0.15) is 12.0 Å². The average molecular weight is 387 g/mol. The summed E-state index contributed by atoms with van der Waals surface area (Å²) in [4.78, 5) is 19.6. The van der Waals surface area contributed by atoms with Crippen LogP contribution < -0.4 is 5.73 Å². The van der Waals surface area contributed by atoms with E-state index in [1.165, 1.54) is 18.2 Å². The molecule has 0 fully saturated rings. The van der Waals surface area contributed by atoms with Gasteiger partial charge in [0.2, 0.25) is 5.82 Å². The molecular formula is C15H13BrF2N2O3. The van der Waals surface area contributed by atoms with Crippen LogP contribution in [0.5, 0.6) is 0 Å². The Labute approximate surface area is 139 Å². The quantitative estimate of drug-likeness (QED) is 0.371. The third-order valence-electron chi connectivity index (χ3n) is 2.77. The monoisotopic (exact) mass is 386 g/mol. The number of hydrogen-bond acceptors (Lipinski definition) is 4. The van der Waals surface area contributed by atoms with Crippen LogP contribution in [-0.4, -0.2) is 11.2 Å². The standard InChI is InChI=1S/C9H8FNO3.C6H5BrFN/c10-9-7(4-2-6-12)3-1-5-8(9)11(13)14;7-4-2-1-3-5(9)6(4)8/h1,3,5-6H,2,4H2;1-3H,9H2. The minimum Gasteiger partial charge on any atom is -0.396 e. The summed E-state index contributed by atoms with van der Waals surface area (Å²) in [6.45, 7) is 0. The van der Waals surface area contributed by atoms with Crippen molar-refractivity contribution in [3.8, 4) is 0 Å². The van der Waals surface area contributed by atoms with E-state index in [9.17, 15) is 23.7 Å². The van der Waals surface area contributed by atoms with Crippen molar-refractivity contribution in [1.82, 2.24) is 0 Å². The SMILES string of the molecule is Nc1cccc(Br)c1F.O=CCCc1cccc([N+](=O)[O-])c1F. The van der Waals surface area contributed by atoms with E-state index in [-0.39, 0.29) is 24.1 Å². The van der Waals surface area contributed by atoms with Crippen molar-refractivity contribution in [2.75, 3.05) is 5.73 Å². The number of rotatable bonds is 4. The number of halogens is 3. The fourth-order valence-corrected chi connectivity index (χ4v) is 2.02. The number of nitro groups is 1. The first-order chi connectivity index (χ1) is 10.9. The van der Waals surface area contributed by atoms with Gasteiger partial charge in [-0.1, -0.05) is 18.2 Å². The summed E-state index contributed by atoms with van der Waals surface area (Å²) in [6.07, 6.45) is 1.01. The molecule has 0 aliphatic carbocycles. The summed E-state index contributed by atoms with van der Waals surface area (Å²) in [7, 11) is 0. The van der Waals surface area contributed by atoms with E-state index in [1.807, 2.05) is 0 Å². The van der Waals surface area contributed by atoms with Crippen LogP contribution in [0.25, 0.3) is 0 Å². The molecule has 0 spiro atoms. The summed E-state index contributed by atoms with van der Waals surface area (Å²) in [5.41, 5.74) is 5.04. The molecule has 0 unspecified atom stereocenters. The Bertz CT molecular complexity index is 691. The number of anilines is 1. The van der Waals surface area contributed by atoms with Gasteiger partial charge in [-0.05, 0) is 40.0 Å². The summed E-state index contributed by atoms with van der Waals surface area (Å²) in [5.74, 6) is -1.24. The molecule has 8 heteroatoms. The highest BCUT2D eigenvalue weighted by Gasteiger charge is 2.16. The maximum atomic E-state index is 13.3. The topological polar surface area (TPSA) is 86.2 Å². The molecule has 0 bridgehead atoms. The predicted octanol–water partition coefficient (Wildman–Crippen LogP) is 4.04. The zero-order valence-corrected chi connectivity index (χ0v) is 13.4. The first-order valence-corrected chi connectivity index (χ1v) is 7.22. The molecule has 0 amide bonds. The Morgan fingerprint density at radius 1 is 1.17 bits per heavy atom. The maximum absolute atomic E-state index is 13.3. The lowest BCUT2D eigenvalue weighted by molar-refractivity contribution is -0.387. The van der Waals surface area contributed by atoms with Gasteiger partial charge in [0, 0.05) is 12.5 Å². The predicted molar refractivity (Wildman–Crippen MR) is 86.0 cm³/mol. The Hall–Kier alpha value is -2.35. The Balaban J connectivity index is 0.000000253. The molecule has 5 nitrogen and oxygen atoms in total. The third kappa shape index (κ3) is 5.41. The van der Waals surface area contributed by atoms with E-state index in [2.05, 4.69) is 15.9 Å². The van der Waals surface area contributed by atoms with Crippen LogP contribution in [0.15, 0.2) is 40.9 Å². The number of benzene rings is 2. The summed E-state index contributed by atoms with van der Waals surface area (Å²) in [6, 6.07) is 8.74. The van der Waals surface area contributed by atoms with Crippen LogP contribution in [0, 0.1) is 21.7 Å². The van der Waals surface area contributed by atoms with E-state index in [1.54, 1.807) is 12.1 Å². The number of aldehydes is 1. The molecule has 2 N–H and O–H groups in total. The molecule has 23 heavy (non-hydrogen) atoms. The van der Waals surface area contributed by atoms with Gasteiger partial charge in [-0.2, -0.15) is 4.39 Å². The molecule has 0 saturated carbocycles. The fourth-order valence-electron chi connectivity index (χ4n) is 1.64. The van der Waals surface area contributed by atoms with Crippen LogP contribution in [-0.2, 0) is 11.2 Å². The van der Waals surface area contributed by atoms with E-state index < -0.39 is 22.2 Å². The largest absolute Gasteiger partial charge is 0.396 e. The van der Waals surface area contributed by atoms with Gasteiger partial charge in [-0.25, -0.2) is 4.39 Å². The zero-order chi connectivity index (χ0) is 17.4. The Kier molecular flexibility index (Phi) is 7.27. The lowest BCUT2D eigenvalue weighted by Gasteiger charge is -2.00. The minimum atomic E-state index is -0.848. The normalized spacial score (nSPS) is 9.70. The van der Waals surface area contributed by atoms with Gasteiger partial charge in [0.15, 0.2) is 5.82 Å².